The van der Waals surface area contributed by atoms with Crippen molar-refractivity contribution in [3.63, 3.8) is 0 Å². The van der Waals surface area contributed by atoms with Crippen molar-refractivity contribution in [2.45, 2.75) is 0 Å². The molecule has 0 radical (unpaired) electrons. The molecule has 0 bridgehead atoms. The summed E-state index contributed by atoms with van der Waals surface area (Å²) in [7, 11) is 0. The lowest BCUT2D eigenvalue weighted by atomic mass is 9.88. The van der Waals surface area contributed by atoms with Crippen LogP contribution in [0.15, 0.2) is 194 Å². The molecule has 1 nitrogen and oxygen atoms in total. The van der Waals surface area contributed by atoms with Gasteiger partial charge in [0.05, 0.1) is 0 Å². The predicted octanol–water partition coefficient (Wildman–Crippen LogP) is 14.1. The zero-order valence-electron chi connectivity index (χ0n) is 27.9. The van der Waals surface area contributed by atoms with Crippen molar-refractivity contribution in [2.24, 2.45) is 0 Å². The second-order valence-corrected chi connectivity index (χ2v) is 13.3. The van der Waals surface area contributed by atoms with Gasteiger partial charge in [-0.1, -0.05) is 140 Å². The van der Waals surface area contributed by atoms with Crippen molar-refractivity contribution in [1.29, 1.82) is 0 Å². The van der Waals surface area contributed by atoms with E-state index < -0.39 is 0 Å². The van der Waals surface area contributed by atoms with Gasteiger partial charge in [-0.3, -0.25) is 0 Å². The molecule has 0 saturated heterocycles. The smallest absolute Gasteiger partial charge is 0.136 e. The first-order valence-corrected chi connectivity index (χ1v) is 17.5. The zero-order chi connectivity index (χ0) is 33.7. The summed E-state index contributed by atoms with van der Waals surface area (Å²) in [6.07, 6.45) is 0. The van der Waals surface area contributed by atoms with Crippen molar-refractivity contribution >= 4 is 21.5 Å². The fourth-order valence-corrected chi connectivity index (χ4v) is 7.70. The van der Waals surface area contributed by atoms with Gasteiger partial charge in [0.2, 0.25) is 0 Å². The van der Waals surface area contributed by atoms with Crippen LogP contribution in [-0.2, 0) is 0 Å². The first-order valence-electron chi connectivity index (χ1n) is 17.5. The molecule has 1 heterocycles. The van der Waals surface area contributed by atoms with Crippen LogP contribution >= 0.6 is 0 Å². The lowest BCUT2D eigenvalue weighted by Gasteiger charge is -2.23. The first-order chi connectivity index (χ1) is 25.2. The SMILES string of the molecule is c1ccc(-c2cc(-c3ccccc3)cc(-c3cccc(-c4cccc(-c5cc6c7c(cc8ccccc8c7c5)Oc5ccccc5-6)c4)c3)c2)cc1. The minimum absolute atomic E-state index is 0.899. The Kier molecular flexibility index (Phi) is 6.89. The lowest BCUT2D eigenvalue weighted by Crippen LogP contribution is -1.98. The molecule has 0 saturated carbocycles. The van der Waals surface area contributed by atoms with Gasteiger partial charge in [-0.25, -0.2) is 0 Å². The van der Waals surface area contributed by atoms with Gasteiger partial charge in [0.15, 0.2) is 0 Å². The summed E-state index contributed by atoms with van der Waals surface area (Å²) in [5.41, 5.74) is 14.3. The Hall–Kier alpha value is -6.70. The number of ether oxygens (including phenoxy) is 1. The third-order valence-corrected chi connectivity index (χ3v) is 10.2. The van der Waals surface area contributed by atoms with Gasteiger partial charge in [-0.05, 0) is 132 Å². The van der Waals surface area contributed by atoms with Crippen LogP contribution in [0.2, 0.25) is 0 Å². The second kappa shape index (κ2) is 12.0. The van der Waals surface area contributed by atoms with Crippen molar-refractivity contribution in [2.75, 3.05) is 0 Å². The molecule has 9 aromatic rings. The number of rotatable bonds is 5. The van der Waals surface area contributed by atoms with E-state index in [0.717, 1.165) is 17.1 Å². The van der Waals surface area contributed by atoms with Gasteiger partial charge in [0, 0.05) is 10.9 Å². The molecule has 0 aliphatic carbocycles. The third-order valence-electron chi connectivity index (χ3n) is 10.2. The van der Waals surface area contributed by atoms with Gasteiger partial charge >= 0.3 is 0 Å². The summed E-state index contributed by atoms with van der Waals surface area (Å²) >= 11 is 0. The minimum Gasteiger partial charge on any atom is -0.456 e. The second-order valence-electron chi connectivity index (χ2n) is 13.3. The van der Waals surface area contributed by atoms with Gasteiger partial charge < -0.3 is 4.74 Å². The number of fused-ring (bicyclic) bond motifs is 4. The Balaban J connectivity index is 1.10. The van der Waals surface area contributed by atoms with Crippen molar-refractivity contribution < 1.29 is 4.74 Å². The van der Waals surface area contributed by atoms with Crippen LogP contribution in [0.4, 0.5) is 0 Å². The van der Waals surface area contributed by atoms with Crippen LogP contribution in [0.3, 0.4) is 0 Å². The minimum atomic E-state index is 0.899. The molecule has 0 N–H and O–H groups in total. The highest BCUT2D eigenvalue weighted by Crippen LogP contribution is 2.50. The molecule has 0 unspecified atom stereocenters. The highest BCUT2D eigenvalue weighted by Gasteiger charge is 2.22. The third kappa shape index (κ3) is 5.19. The summed E-state index contributed by atoms with van der Waals surface area (Å²) in [6.45, 7) is 0. The molecule has 1 heteroatoms. The molecule has 10 rings (SSSR count). The molecule has 51 heavy (non-hydrogen) atoms. The van der Waals surface area contributed by atoms with Gasteiger partial charge in [-0.2, -0.15) is 0 Å². The maximum atomic E-state index is 6.49. The summed E-state index contributed by atoms with van der Waals surface area (Å²) in [5.74, 6) is 1.82. The van der Waals surface area contributed by atoms with E-state index in [2.05, 4.69) is 188 Å². The fraction of sp³-hybridized carbons (Fsp3) is 0. The zero-order valence-corrected chi connectivity index (χ0v) is 27.9. The average Bonchev–Trinajstić information content (AvgIpc) is 3.21. The average molecular weight is 649 g/mol. The van der Waals surface area contributed by atoms with Crippen LogP contribution in [0, 0.1) is 0 Å². The number of benzene rings is 9. The Morgan fingerprint density at radius 1 is 0.255 bits per heavy atom. The quantitative estimate of drug-likeness (QED) is 0.169. The monoisotopic (exact) mass is 648 g/mol. The molecule has 238 valence electrons. The van der Waals surface area contributed by atoms with E-state index in [1.165, 1.54) is 82.7 Å². The highest BCUT2D eigenvalue weighted by atomic mass is 16.5. The molecular weight excluding hydrogens is 617 g/mol. The van der Waals surface area contributed by atoms with Crippen molar-refractivity contribution in [3.8, 4) is 78.3 Å². The summed E-state index contributed by atoms with van der Waals surface area (Å²) in [5, 5.41) is 4.80. The van der Waals surface area contributed by atoms with Crippen LogP contribution < -0.4 is 4.74 Å². The Bertz CT molecular complexity index is 2700. The van der Waals surface area contributed by atoms with Crippen molar-refractivity contribution in [1.82, 2.24) is 0 Å². The van der Waals surface area contributed by atoms with Gasteiger partial charge in [-0.15, -0.1) is 0 Å². The largest absolute Gasteiger partial charge is 0.456 e. The topological polar surface area (TPSA) is 9.23 Å². The number of hydrogen-bond donors (Lipinski definition) is 0. The normalized spacial score (nSPS) is 11.7. The van der Waals surface area contributed by atoms with E-state index in [1.54, 1.807) is 0 Å². The van der Waals surface area contributed by atoms with Crippen LogP contribution in [0.25, 0.3) is 88.3 Å². The molecule has 0 atom stereocenters. The fourth-order valence-electron chi connectivity index (χ4n) is 7.70. The Labute approximate surface area is 297 Å². The molecule has 0 amide bonds. The first kappa shape index (κ1) is 29.2. The number of hydrogen-bond acceptors (Lipinski definition) is 1. The van der Waals surface area contributed by atoms with E-state index in [4.69, 9.17) is 4.74 Å². The van der Waals surface area contributed by atoms with E-state index >= 15 is 0 Å². The highest BCUT2D eigenvalue weighted by molar-refractivity contribution is 6.17. The van der Waals surface area contributed by atoms with Gasteiger partial charge in [0.1, 0.15) is 11.5 Å². The molecule has 0 spiro atoms. The van der Waals surface area contributed by atoms with E-state index in [1.807, 2.05) is 6.07 Å². The summed E-state index contributed by atoms with van der Waals surface area (Å²) < 4.78 is 6.49. The standard InChI is InChI=1S/C50H32O/c1-3-13-33(14-4-1)40-27-41(34-15-5-2-6-16-34)29-42(28-40)37-20-11-18-35(25-37)36-19-12-21-38(26-36)43-30-46-44-22-8-7-17-39(44)32-49-50(46)47(31-43)45-23-9-10-24-48(45)51-49/h1-32H. The molecule has 1 aliphatic heterocycles. The van der Waals surface area contributed by atoms with Crippen LogP contribution in [0.5, 0.6) is 11.5 Å². The Morgan fingerprint density at radius 2 is 0.725 bits per heavy atom. The summed E-state index contributed by atoms with van der Waals surface area (Å²) in [6, 6.07) is 70.1. The molecule has 9 aromatic carbocycles. The maximum Gasteiger partial charge on any atom is 0.136 e. The molecule has 0 fully saturated rings. The van der Waals surface area contributed by atoms with Crippen LogP contribution in [-0.4, -0.2) is 0 Å². The maximum absolute atomic E-state index is 6.49. The lowest BCUT2D eigenvalue weighted by molar-refractivity contribution is 0.487. The van der Waals surface area contributed by atoms with Crippen LogP contribution in [0.1, 0.15) is 0 Å². The van der Waals surface area contributed by atoms with E-state index in [0.29, 0.717) is 0 Å². The van der Waals surface area contributed by atoms with E-state index in [9.17, 15) is 0 Å². The van der Waals surface area contributed by atoms with Gasteiger partial charge in [0.25, 0.3) is 0 Å². The predicted molar refractivity (Wildman–Crippen MR) is 214 cm³/mol. The van der Waals surface area contributed by atoms with Crippen molar-refractivity contribution in [3.05, 3.63) is 194 Å². The molecule has 0 aromatic heterocycles. The molecule has 1 aliphatic rings. The number of para-hydroxylation sites is 1. The van der Waals surface area contributed by atoms with E-state index in [-0.39, 0.29) is 0 Å². The summed E-state index contributed by atoms with van der Waals surface area (Å²) in [4.78, 5) is 0. The Morgan fingerprint density at radius 3 is 1.37 bits per heavy atom. The molecular formula is C50H32O.